The molecule has 3 rings (SSSR count). The second kappa shape index (κ2) is 6.40. The summed E-state index contributed by atoms with van der Waals surface area (Å²) in [6.07, 6.45) is 4.69. The molecule has 0 saturated heterocycles. The Morgan fingerprint density at radius 1 is 1.00 bits per heavy atom. The van der Waals surface area contributed by atoms with Crippen LogP contribution in [0.5, 0.6) is 0 Å². The van der Waals surface area contributed by atoms with Crippen molar-refractivity contribution >= 4 is 0 Å². The van der Waals surface area contributed by atoms with E-state index in [-0.39, 0.29) is 12.4 Å². The van der Waals surface area contributed by atoms with Gasteiger partial charge in [0.1, 0.15) is 5.82 Å². The van der Waals surface area contributed by atoms with Crippen molar-refractivity contribution in [3.63, 3.8) is 0 Å². The zero-order chi connectivity index (χ0) is 14.7. The van der Waals surface area contributed by atoms with E-state index in [9.17, 15) is 4.39 Å². The molecule has 2 aromatic rings. The van der Waals surface area contributed by atoms with E-state index in [1.54, 1.807) is 12.1 Å². The van der Waals surface area contributed by atoms with Gasteiger partial charge in [0.05, 0.1) is 0 Å². The van der Waals surface area contributed by atoms with Crippen molar-refractivity contribution in [3.05, 3.63) is 70.5 Å². The van der Waals surface area contributed by atoms with Crippen molar-refractivity contribution in [1.29, 1.82) is 0 Å². The highest BCUT2D eigenvalue weighted by Gasteiger charge is 2.21. The molecule has 0 aromatic heterocycles. The van der Waals surface area contributed by atoms with Crippen LogP contribution < -0.4 is 0 Å². The van der Waals surface area contributed by atoms with E-state index in [0.717, 1.165) is 37.7 Å². The molecule has 0 unspecified atom stereocenters. The molecule has 0 radical (unpaired) electrons. The summed E-state index contributed by atoms with van der Waals surface area (Å²) < 4.78 is 13.6. The zero-order valence-corrected chi connectivity index (χ0v) is 12.2. The third-order valence-electron chi connectivity index (χ3n) is 4.47. The van der Waals surface area contributed by atoms with Gasteiger partial charge in [-0.3, -0.25) is 0 Å². The first-order valence-electron chi connectivity index (χ1n) is 7.74. The fourth-order valence-electron chi connectivity index (χ4n) is 3.39. The van der Waals surface area contributed by atoms with Gasteiger partial charge in [0, 0.05) is 6.61 Å². The first-order chi connectivity index (χ1) is 10.3. The van der Waals surface area contributed by atoms with Crippen molar-refractivity contribution < 1.29 is 9.50 Å². The van der Waals surface area contributed by atoms with Crippen LogP contribution >= 0.6 is 0 Å². The number of unbranched alkanes of at least 4 members (excludes halogenated alkanes) is 1. The first-order valence-corrected chi connectivity index (χ1v) is 7.74. The molecule has 0 spiro atoms. The van der Waals surface area contributed by atoms with Crippen LogP contribution in [-0.2, 0) is 12.8 Å². The van der Waals surface area contributed by atoms with Gasteiger partial charge in [-0.25, -0.2) is 4.39 Å². The zero-order valence-electron chi connectivity index (χ0n) is 12.2. The number of aliphatic hydroxyl groups is 1. The molecular formula is C19H21FO. The first kappa shape index (κ1) is 14.3. The highest BCUT2D eigenvalue weighted by atomic mass is 19.1. The lowest BCUT2D eigenvalue weighted by Gasteiger charge is -2.18. The molecule has 0 saturated carbocycles. The molecule has 0 fully saturated rings. The second-order valence-electron chi connectivity index (χ2n) is 5.91. The number of halogens is 1. The van der Waals surface area contributed by atoms with Gasteiger partial charge in [-0.05, 0) is 66.0 Å². The van der Waals surface area contributed by atoms with E-state index >= 15 is 0 Å². The topological polar surface area (TPSA) is 20.2 Å². The standard InChI is InChI=1S/C19H21FO/c20-18-9-8-14-11-15-5-1-2-7-19(15)16(6-3-4-10-21)12-17(14)13-18/h1-2,5,7-9,13,16,21H,3-4,6,10-12H2/t16-/m0/s1. The summed E-state index contributed by atoms with van der Waals surface area (Å²) in [4.78, 5) is 0. The minimum atomic E-state index is -0.145. The minimum absolute atomic E-state index is 0.145. The maximum Gasteiger partial charge on any atom is 0.123 e. The van der Waals surface area contributed by atoms with E-state index in [4.69, 9.17) is 5.11 Å². The van der Waals surface area contributed by atoms with Crippen LogP contribution in [0.4, 0.5) is 4.39 Å². The predicted octanol–water partition coefficient (Wildman–Crippen LogP) is 4.22. The summed E-state index contributed by atoms with van der Waals surface area (Å²) in [5.41, 5.74) is 5.14. The number of rotatable bonds is 4. The van der Waals surface area contributed by atoms with E-state index in [2.05, 4.69) is 24.3 Å². The van der Waals surface area contributed by atoms with Crippen molar-refractivity contribution in [2.24, 2.45) is 0 Å². The number of aliphatic hydroxyl groups excluding tert-OH is 1. The molecule has 1 aliphatic carbocycles. The van der Waals surface area contributed by atoms with E-state index in [0.29, 0.717) is 5.92 Å². The van der Waals surface area contributed by atoms with Gasteiger partial charge >= 0.3 is 0 Å². The fraction of sp³-hybridized carbons (Fsp3) is 0.368. The van der Waals surface area contributed by atoms with Crippen LogP contribution in [0.1, 0.15) is 47.4 Å². The highest BCUT2D eigenvalue weighted by molar-refractivity contribution is 5.42. The molecule has 0 heterocycles. The van der Waals surface area contributed by atoms with E-state index in [1.807, 2.05) is 6.07 Å². The molecule has 1 atom stereocenters. The SMILES string of the molecule is OCCCC[C@H]1Cc2cc(F)ccc2Cc2ccccc21. The lowest BCUT2D eigenvalue weighted by molar-refractivity contribution is 0.281. The molecule has 2 aromatic carbocycles. The third kappa shape index (κ3) is 3.16. The summed E-state index contributed by atoms with van der Waals surface area (Å²) in [6, 6.07) is 13.8. The van der Waals surface area contributed by atoms with Gasteiger partial charge in [0.15, 0.2) is 0 Å². The molecule has 2 heteroatoms. The number of benzene rings is 2. The Labute approximate surface area is 125 Å². The number of hydrogen-bond donors (Lipinski definition) is 1. The molecule has 1 nitrogen and oxygen atoms in total. The monoisotopic (exact) mass is 284 g/mol. The lowest BCUT2D eigenvalue weighted by atomic mass is 9.87. The normalized spacial score (nSPS) is 17.0. The molecule has 0 amide bonds. The molecule has 1 aliphatic rings. The second-order valence-corrected chi connectivity index (χ2v) is 5.91. The molecule has 0 aliphatic heterocycles. The Morgan fingerprint density at radius 3 is 2.71 bits per heavy atom. The summed E-state index contributed by atoms with van der Waals surface area (Å²) in [5, 5.41) is 8.99. The molecule has 110 valence electrons. The van der Waals surface area contributed by atoms with Crippen LogP contribution in [0, 0.1) is 5.82 Å². The van der Waals surface area contributed by atoms with Crippen molar-refractivity contribution in [3.8, 4) is 0 Å². The smallest absolute Gasteiger partial charge is 0.123 e. The maximum absolute atomic E-state index is 13.6. The summed E-state index contributed by atoms with van der Waals surface area (Å²) in [7, 11) is 0. The van der Waals surface area contributed by atoms with Gasteiger partial charge in [-0.1, -0.05) is 36.8 Å². The number of hydrogen-bond acceptors (Lipinski definition) is 1. The van der Waals surface area contributed by atoms with Gasteiger partial charge in [-0.15, -0.1) is 0 Å². The van der Waals surface area contributed by atoms with E-state index < -0.39 is 0 Å². The molecule has 1 N–H and O–H groups in total. The quantitative estimate of drug-likeness (QED) is 0.833. The Bertz CT molecular complexity index is 621. The summed E-state index contributed by atoms with van der Waals surface area (Å²) >= 11 is 0. The average Bonchev–Trinajstić information content (AvgIpc) is 2.64. The summed E-state index contributed by atoms with van der Waals surface area (Å²) in [6.45, 7) is 0.250. The average molecular weight is 284 g/mol. The van der Waals surface area contributed by atoms with Crippen molar-refractivity contribution in [1.82, 2.24) is 0 Å². The van der Waals surface area contributed by atoms with Gasteiger partial charge in [0.2, 0.25) is 0 Å². The minimum Gasteiger partial charge on any atom is -0.396 e. The fourth-order valence-corrected chi connectivity index (χ4v) is 3.39. The van der Waals surface area contributed by atoms with Gasteiger partial charge in [-0.2, -0.15) is 0 Å². The molecule has 21 heavy (non-hydrogen) atoms. The molecular weight excluding hydrogens is 263 g/mol. The van der Waals surface area contributed by atoms with Crippen LogP contribution in [0.3, 0.4) is 0 Å². The Balaban J connectivity index is 1.95. The van der Waals surface area contributed by atoms with Gasteiger partial charge < -0.3 is 5.11 Å². The largest absolute Gasteiger partial charge is 0.396 e. The van der Waals surface area contributed by atoms with E-state index in [1.165, 1.54) is 16.7 Å². The Hall–Kier alpha value is -1.67. The maximum atomic E-state index is 13.6. The van der Waals surface area contributed by atoms with Crippen LogP contribution in [-0.4, -0.2) is 11.7 Å². The van der Waals surface area contributed by atoms with Crippen LogP contribution in [0.25, 0.3) is 0 Å². The summed E-state index contributed by atoms with van der Waals surface area (Å²) in [5.74, 6) is 0.282. The van der Waals surface area contributed by atoms with Crippen LogP contribution in [0.15, 0.2) is 42.5 Å². The molecule has 0 bridgehead atoms. The number of fused-ring (bicyclic) bond motifs is 2. The lowest BCUT2D eigenvalue weighted by Crippen LogP contribution is -2.04. The van der Waals surface area contributed by atoms with Crippen molar-refractivity contribution in [2.75, 3.05) is 6.61 Å². The predicted molar refractivity (Wildman–Crippen MR) is 83.0 cm³/mol. The highest BCUT2D eigenvalue weighted by Crippen LogP contribution is 2.35. The van der Waals surface area contributed by atoms with Crippen LogP contribution in [0.2, 0.25) is 0 Å². The van der Waals surface area contributed by atoms with Gasteiger partial charge in [0.25, 0.3) is 0 Å². The Kier molecular flexibility index (Phi) is 4.35. The van der Waals surface area contributed by atoms with Crippen molar-refractivity contribution in [2.45, 2.75) is 38.0 Å². The Morgan fingerprint density at radius 2 is 1.86 bits per heavy atom. The third-order valence-corrected chi connectivity index (χ3v) is 4.47.